The number of amides is 2. The van der Waals surface area contributed by atoms with E-state index in [4.69, 9.17) is 9.72 Å². The van der Waals surface area contributed by atoms with E-state index in [1.807, 2.05) is 54.3 Å². The van der Waals surface area contributed by atoms with Crippen LogP contribution in [0, 0.1) is 0 Å². The monoisotopic (exact) mass is 382 g/mol. The topological polar surface area (TPSA) is 57.7 Å². The zero-order valence-electron chi connectivity index (χ0n) is 15.2. The van der Waals surface area contributed by atoms with E-state index >= 15 is 0 Å². The lowest BCUT2D eigenvalue weighted by Gasteiger charge is -2.34. The van der Waals surface area contributed by atoms with Crippen molar-refractivity contribution in [2.75, 3.05) is 43.0 Å². The molecule has 2 aromatic carbocycles. The highest BCUT2D eigenvalue weighted by Gasteiger charge is 2.23. The number of piperazine rings is 1. The highest BCUT2D eigenvalue weighted by molar-refractivity contribution is 7.22. The largest absolute Gasteiger partial charge is 0.492 e. The quantitative estimate of drug-likeness (QED) is 0.740. The molecule has 6 nitrogen and oxygen atoms in total. The van der Waals surface area contributed by atoms with Gasteiger partial charge in [-0.15, -0.1) is 0 Å². The summed E-state index contributed by atoms with van der Waals surface area (Å²) in [6.45, 7) is 5.49. The van der Waals surface area contributed by atoms with Crippen LogP contribution in [0.2, 0.25) is 0 Å². The number of aromatic nitrogens is 1. The van der Waals surface area contributed by atoms with Crippen molar-refractivity contribution >= 4 is 38.4 Å². The molecule has 7 heteroatoms. The molecule has 3 aromatic rings. The van der Waals surface area contributed by atoms with E-state index in [-0.39, 0.29) is 6.03 Å². The van der Waals surface area contributed by atoms with Gasteiger partial charge in [-0.1, -0.05) is 35.6 Å². The van der Waals surface area contributed by atoms with Crippen molar-refractivity contribution in [1.29, 1.82) is 0 Å². The van der Waals surface area contributed by atoms with Gasteiger partial charge in [0.15, 0.2) is 5.13 Å². The lowest BCUT2D eigenvalue weighted by atomic mass is 10.3. The van der Waals surface area contributed by atoms with Gasteiger partial charge in [0, 0.05) is 31.9 Å². The summed E-state index contributed by atoms with van der Waals surface area (Å²) in [6.07, 6.45) is 0. The molecular formula is C20H22N4O2S. The van der Waals surface area contributed by atoms with Crippen LogP contribution in [0.5, 0.6) is 5.75 Å². The predicted octanol–water partition coefficient (Wildman–Crippen LogP) is 4.05. The summed E-state index contributed by atoms with van der Waals surface area (Å²) in [4.78, 5) is 21.3. The van der Waals surface area contributed by atoms with Crippen LogP contribution in [0.4, 0.5) is 15.6 Å². The van der Waals surface area contributed by atoms with Crippen molar-refractivity contribution in [3.05, 3.63) is 48.5 Å². The number of benzene rings is 2. The number of rotatable bonds is 4. The Hall–Kier alpha value is -2.80. The van der Waals surface area contributed by atoms with E-state index in [1.54, 1.807) is 11.3 Å². The van der Waals surface area contributed by atoms with Crippen molar-refractivity contribution < 1.29 is 9.53 Å². The molecule has 4 rings (SSSR count). The number of nitrogens with one attached hydrogen (secondary N) is 1. The third-order valence-electron chi connectivity index (χ3n) is 4.53. The van der Waals surface area contributed by atoms with E-state index in [0.29, 0.717) is 19.7 Å². The summed E-state index contributed by atoms with van der Waals surface area (Å²) in [5, 5.41) is 3.93. The molecule has 0 unspecified atom stereocenters. The Morgan fingerprint density at radius 3 is 2.63 bits per heavy atom. The van der Waals surface area contributed by atoms with Crippen molar-refractivity contribution in [1.82, 2.24) is 9.88 Å². The number of carbonyl (C=O) groups excluding carboxylic acids is 1. The summed E-state index contributed by atoms with van der Waals surface area (Å²) in [6, 6.07) is 15.5. The second-order valence-electron chi connectivity index (χ2n) is 6.30. The van der Waals surface area contributed by atoms with Crippen LogP contribution >= 0.6 is 11.3 Å². The molecule has 2 heterocycles. The molecule has 1 saturated heterocycles. The van der Waals surface area contributed by atoms with Gasteiger partial charge in [0.2, 0.25) is 0 Å². The van der Waals surface area contributed by atoms with Gasteiger partial charge in [0.1, 0.15) is 11.3 Å². The number of ether oxygens (including phenoxy) is 1. The van der Waals surface area contributed by atoms with E-state index < -0.39 is 0 Å². The number of para-hydroxylation sites is 2. The Kier molecular flexibility index (Phi) is 5.11. The molecule has 0 saturated carbocycles. The molecule has 1 aliphatic rings. The molecule has 1 aromatic heterocycles. The number of anilines is 2. The lowest BCUT2D eigenvalue weighted by Crippen LogP contribution is -2.50. The number of hydrogen-bond acceptors (Lipinski definition) is 5. The first kappa shape index (κ1) is 17.6. The van der Waals surface area contributed by atoms with Crippen LogP contribution in [0.3, 0.4) is 0 Å². The molecule has 0 bridgehead atoms. The third-order valence-corrected chi connectivity index (χ3v) is 5.61. The van der Waals surface area contributed by atoms with Gasteiger partial charge >= 0.3 is 6.03 Å². The Bertz CT molecular complexity index is 920. The van der Waals surface area contributed by atoms with Crippen LogP contribution < -0.4 is 15.0 Å². The second-order valence-corrected chi connectivity index (χ2v) is 7.31. The molecule has 1 N–H and O–H groups in total. The number of nitrogens with zero attached hydrogens (tertiary/aromatic N) is 3. The third kappa shape index (κ3) is 3.83. The lowest BCUT2D eigenvalue weighted by molar-refractivity contribution is 0.208. The molecule has 1 fully saturated rings. The van der Waals surface area contributed by atoms with Gasteiger partial charge in [0.25, 0.3) is 0 Å². The highest BCUT2D eigenvalue weighted by atomic mass is 32.1. The number of fused-ring (bicyclic) bond motifs is 1. The van der Waals surface area contributed by atoms with Crippen LogP contribution in [-0.4, -0.2) is 48.7 Å². The first-order chi connectivity index (χ1) is 13.2. The van der Waals surface area contributed by atoms with Gasteiger partial charge in [-0.25, -0.2) is 9.78 Å². The maximum absolute atomic E-state index is 12.4. The van der Waals surface area contributed by atoms with Gasteiger partial charge in [-0.3, -0.25) is 0 Å². The van der Waals surface area contributed by atoms with Gasteiger partial charge in [0.05, 0.1) is 11.3 Å². The minimum Gasteiger partial charge on any atom is -0.492 e. The molecular weight excluding hydrogens is 360 g/mol. The normalized spacial score (nSPS) is 14.4. The van der Waals surface area contributed by atoms with Crippen molar-refractivity contribution in [3.63, 3.8) is 0 Å². The Labute approximate surface area is 162 Å². The minimum absolute atomic E-state index is 0.0521. The van der Waals surface area contributed by atoms with Crippen LogP contribution in [0.15, 0.2) is 48.5 Å². The highest BCUT2D eigenvalue weighted by Crippen LogP contribution is 2.34. The standard InChI is InChI=1S/C20H22N4O2S/c1-2-26-16-9-6-10-17-18(16)22-20(27-17)24-13-11-23(12-14-24)19(25)21-15-7-4-3-5-8-15/h3-10H,2,11-14H2,1H3,(H,21,25). The molecule has 27 heavy (non-hydrogen) atoms. The van der Waals surface area contributed by atoms with Crippen molar-refractivity contribution in [3.8, 4) is 5.75 Å². The average molecular weight is 382 g/mol. The maximum Gasteiger partial charge on any atom is 0.321 e. The fraction of sp³-hybridized carbons (Fsp3) is 0.300. The summed E-state index contributed by atoms with van der Waals surface area (Å²) in [5.41, 5.74) is 1.74. The first-order valence-electron chi connectivity index (χ1n) is 9.13. The van der Waals surface area contributed by atoms with Crippen molar-refractivity contribution in [2.24, 2.45) is 0 Å². The van der Waals surface area contributed by atoms with E-state index in [1.165, 1.54) is 0 Å². The molecule has 0 aliphatic carbocycles. The van der Waals surface area contributed by atoms with Crippen LogP contribution in [0.25, 0.3) is 10.2 Å². The zero-order valence-corrected chi connectivity index (χ0v) is 16.0. The van der Waals surface area contributed by atoms with Crippen LogP contribution in [-0.2, 0) is 0 Å². The number of urea groups is 1. The molecule has 0 atom stereocenters. The molecule has 0 spiro atoms. The fourth-order valence-corrected chi connectivity index (χ4v) is 4.18. The Morgan fingerprint density at radius 2 is 1.89 bits per heavy atom. The van der Waals surface area contributed by atoms with E-state index in [9.17, 15) is 4.79 Å². The van der Waals surface area contributed by atoms with Crippen LogP contribution in [0.1, 0.15) is 6.92 Å². The summed E-state index contributed by atoms with van der Waals surface area (Å²) in [5.74, 6) is 0.832. The summed E-state index contributed by atoms with van der Waals surface area (Å²) < 4.78 is 6.81. The van der Waals surface area contributed by atoms with E-state index in [2.05, 4.69) is 16.3 Å². The molecule has 2 amide bonds. The SMILES string of the molecule is CCOc1cccc2sc(N3CCN(C(=O)Nc4ccccc4)CC3)nc12. The Balaban J connectivity index is 1.41. The zero-order chi connectivity index (χ0) is 18.6. The Morgan fingerprint density at radius 1 is 1.11 bits per heavy atom. The molecule has 1 aliphatic heterocycles. The number of hydrogen-bond donors (Lipinski definition) is 1. The minimum atomic E-state index is -0.0521. The number of carbonyl (C=O) groups is 1. The summed E-state index contributed by atoms with van der Waals surface area (Å²) in [7, 11) is 0. The second kappa shape index (κ2) is 7.84. The molecule has 140 valence electrons. The van der Waals surface area contributed by atoms with Gasteiger partial charge < -0.3 is 19.9 Å². The predicted molar refractivity (Wildman–Crippen MR) is 110 cm³/mol. The summed E-state index contributed by atoms with van der Waals surface area (Å²) >= 11 is 1.67. The maximum atomic E-state index is 12.4. The van der Waals surface area contributed by atoms with Crippen molar-refractivity contribution in [2.45, 2.75) is 6.92 Å². The molecule has 0 radical (unpaired) electrons. The van der Waals surface area contributed by atoms with Gasteiger partial charge in [-0.2, -0.15) is 0 Å². The van der Waals surface area contributed by atoms with E-state index in [0.717, 1.165) is 39.9 Å². The fourth-order valence-electron chi connectivity index (χ4n) is 3.14. The number of thiazole rings is 1. The average Bonchev–Trinajstić information content (AvgIpc) is 3.14. The smallest absolute Gasteiger partial charge is 0.321 e. The first-order valence-corrected chi connectivity index (χ1v) is 9.94. The van der Waals surface area contributed by atoms with Gasteiger partial charge in [-0.05, 0) is 31.2 Å².